The van der Waals surface area contributed by atoms with Gasteiger partial charge in [0.15, 0.2) is 0 Å². The monoisotopic (exact) mass is 316 g/mol. The third-order valence-corrected chi connectivity index (χ3v) is 3.10. The topological polar surface area (TPSA) is 67.4 Å². The van der Waals surface area contributed by atoms with E-state index in [1.54, 1.807) is 31.4 Å². The van der Waals surface area contributed by atoms with Crippen LogP contribution in [-0.4, -0.2) is 32.1 Å². The van der Waals surface area contributed by atoms with Crippen molar-refractivity contribution in [1.82, 2.24) is 5.32 Å². The summed E-state index contributed by atoms with van der Waals surface area (Å²) in [6.07, 6.45) is 0. The Morgan fingerprint density at radius 3 is 2.61 bits per heavy atom. The summed E-state index contributed by atoms with van der Waals surface area (Å²) >= 11 is 0. The second-order valence-corrected chi connectivity index (χ2v) is 4.76. The molecule has 0 saturated carbocycles. The summed E-state index contributed by atoms with van der Waals surface area (Å²) in [4.78, 5) is 24.3. The fourth-order valence-corrected chi connectivity index (χ4v) is 1.98. The van der Waals surface area contributed by atoms with E-state index in [2.05, 4.69) is 10.6 Å². The maximum atomic E-state index is 13.2. The average Bonchev–Trinajstić information content (AvgIpc) is 2.55. The van der Waals surface area contributed by atoms with Crippen LogP contribution in [0.15, 0.2) is 48.5 Å². The van der Waals surface area contributed by atoms with E-state index in [0.717, 1.165) is 6.07 Å². The lowest BCUT2D eigenvalue weighted by Gasteiger charge is -2.11. The lowest BCUT2D eigenvalue weighted by atomic mass is 10.1. The van der Waals surface area contributed by atoms with Crippen LogP contribution in [0.1, 0.15) is 20.7 Å². The van der Waals surface area contributed by atoms with Gasteiger partial charge in [-0.25, -0.2) is 4.39 Å². The molecule has 0 atom stereocenters. The zero-order chi connectivity index (χ0) is 16.7. The number of ether oxygens (including phenoxy) is 1. The molecule has 0 bridgehead atoms. The minimum Gasteiger partial charge on any atom is -0.383 e. The summed E-state index contributed by atoms with van der Waals surface area (Å²) in [7, 11) is 1.54. The molecule has 0 aromatic heterocycles. The van der Waals surface area contributed by atoms with Crippen molar-refractivity contribution in [3.05, 3.63) is 65.5 Å². The van der Waals surface area contributed by atoms with E-state index >= 15 is 0 Å². The molecule has 0 heterocycles. The highest BCUT2D eigenvalue weighted by atomic mass is 19.1. The Balaban J connectivity index is 2.14. The molecule has 0 aliphatic heterocycles. The van der Waals surface area contributed by atoms with E-state index in [9.17, 15) is 14.0 Å². The van der Waals surface area contributed by atoms with Gasteiger partial charge in [-0.05, 0) is 30.3 Å². The zero-order valence-electron chi connectivity index (χ0n) is 12.6. The van der Waals surface area contributed by atoms with Gasteiger partial charge in [-0.1, -0.05) is 18.2 Å². The Labute approximate surface area is 133 Å². The molecule has 23 heavy (non-hydrogen) atoms. The van der Waals surface area contributed by atoms with Gasteiger partial charge in [0.2, 0.25) is 0 Å². The van der Waals surface area contributed by atoms with Crippen molar-refractivity contribution in [2.75, 3.05) is 25.6 Å². The predicted molar refractivity (Wildman–Crippen MR) is 85.0 cm³/mol. The molecule has 2 rings (SSSR count). The fraction of sp³-hybridized carbons (Fsp3) is 0.176. The number of benzene rings is 2. The van der Waals surface area contributed by atoms with Crippen LogP contribution in [0.4, 0.5) is 10.1 Å². The van der Waals surface area contributed by atoms with Gasteiger partial charge in [-0.2, -0.15) is 0 Å². The van der Waals surface area contributed by atoms with Gasteiger partial charge in [-0.3, -0.25) is 9.59 Å². The minimum absolute atomic E-state index is 0.180. The minimum atomic E-state index is -0.497. The molecule has 2 amide bonds. The first kappa shape index (κ1) is 16.6. The second-order valence-electron chi connectivity index (χ2n) is 4.76. The van der Waals surface area contributed by atoms with Crippen LogP contribution in [0.2, 0.25) is 0 Å². The maximum absolute atomic E-state index is 13.2. The van der Waals surface area contributed by atoms with Gasteiger partial charge in [-0.15, -0.1) is 0 Å². The van der Waals surface area contributed by atoms with E-state index in [0.29, 0.717) is 24.4 Å². The SMILES string of the molecule is COCCNC(=O)c1ccccc1NC(=O)c1cccc(F)c1. The van der Waals surface area contributed by atoms with Crippen molar-refractivity contribution in [2.45, 2.75) is 0 Å². The van der Waals surface area contributed by atoms with E-state index in [-0.39, 0.29) is 11.5 Å². The van der Waals surface area contributed by atoms with Crippen molar-refractivity contribution in [3.8, 4) is 0 Å². The molecule has 0 aliphatic carbocycles. The predicted octanol–water partition coefficient (Wildman–Crippen LogP) is 2.45. The molecule has 5 nitrogen and oxygen atoms in total. The number of carbonyl (C=O) groups excluding carboxylic acids is 2. The molecule has 2 aromatic carbocycles. The highest BCUT2D eigenvalue weighted by molar-refractivity contribution is 6.08. The summed E-state index contributed by atoms with van der Waals surface area (Å²) in [5.41, 5.74) is 0.865. The first-order chi connectivity index (χ1) is 11.1. The third-order valence-electron chi connectivity index (χ3n) is 3.10. The van der Waals surface area contributed by atoms with Crippen LogP contribution < -0.4 is 10.6 Å². The van der Waals surface area contributed by atoms with Crippen LogP contribution in [0.25, 0.3) is 0 Å². The van der Waals surface area contributed by atoms with Gasteiger partial charge in [0, 0.05) is 19.2 Å². The second kappa shape index (κ2) is 8.05. The Morgan fingerprint density at radius 2 is 1.87 bits per heavy atom. The van der Waals surface area contributed by atoms with Crippen molar-refractivity contribution in [3.63, 3.8) is 0 Å². The molecule has 120 valence electrons. The van der Waals surface area contributed by atoms with Gasteiger partial charge in [0.25, 0.3) is 11.8 Å². The summed E-state index contributed by atoms with van der Waals surface area (Å²) < 4.78 is 18.1. The Bertz CT molecular complexity index is 704. The first-order valence-electron chi connectivity index (χ1n) is 7.05. The number of para-hydroxylation sites is 1. The molecule has 0 aliphatic rings. The number of methoxy groups -OCH3 is 1. The van der Waals surface area contributed by atoms with Crippen molar-refractivity contribution < 1.29 is 18.7 Å². The van der Waals surface area contributed by atoms with E-state index in [4.69, 9.17) is 4.74 Å². The smallest absolute Gasteiger partial charge is 0.255 e. The Hall–Kier alpha value is -2.73. The highest BCUT2D eigenvalue weighted by Crippen LogP contribution is 2.16. The number of nitrogens with one attached hydrogen (secondary N) is 2. The number of rotatable bonds is 6. The molecular weight excluding hydrogens is 299 g/mol. The van der Waals surface area contributed by atoms with Gasteiger partial charge < -0.3 is 15.4 Å². The molecule has 0 spiro atoms. The summed E-state index contributed by atoms with van der Waals surface area (Å²) in [5.74, 6) is -1.30. The number of carbonyl (C=O) groups is 2. The van der Waals surface area contributed by atoms with Crippen molar-refractivity contribution in [2.24, 2.45) is 0 Å². The maximum Gasteiger partial charge on any atom is 0.255 e. The molecule has 6 heteroatoms. The van der Waals surface area contributed by atoms with Crippen LogP contribution in [0.3, 0.4) is 0 Å². The highest BCUT2D eigenvalue weighted by Gasteiger charge is 2.14. The molecule has 0 saturated heterocycles. The largest absolute Gasteiger partial charge is 0.383 e. The van der Waals surface area contributed by atoms with Crippen molar-refractivity contribution in [1.29, 1.82) is 0 Å². The first-order valence-corrected chi connectivity index (χ1v) is 7.05. The van der Waals surface area contributed by atoms with E-state index in [1.165, 1.54) is 18.2 Å². The van der Waals surface area contributed by atoms with Gasteiger partial charge in [0.05, 0.1) is 17.9 Å². The summed E-state index contributed by atoms with van der Waals surface area (Å²) in [6, 6.07) is 12.0. The molecule has 0 unspecified atom stereocenters. The van der Waals surface area contributed by atoms with Crippen LogP contribution in [0.5, 0.6) is 0 Å². The quantitative estimate of drug-likeness (QED) is 0.805. The molecule has 0 radical (unpaired) electrons. The molecule has 2 aromatic rings. The third kappa shape index (κ3) is 4.62. The number of halogens is 1. The van der Waals surface area contributed by atoms with E-state index in [1.807, 2.05) is 0 Å². The van der Waals surface area contributed by atoms with Crippen LogP contribution in [0, 0.1) is 5.82 Å². The molecule has 0 fully saturated rings. The average molecular weight is 316 g/mol. The van der Waals surface area contributed by atoms with Crippen LogP contribution >= 0.6 is 0 Å². The van der Waals surface area contributed by atoms with Gasteiger partial charge >= 0.3 is 0 Å². The molecular formula is C17H17FN2O3. The number of hydrogen-bond acceptors (Lipinski definition) is 3. The standard InChI is InChI=1S/C17H17FN2O3/c1-23-10-9-19-17(22)14-7-2-3-8-15(14)20-16(21)12-5-4-6-13(18)11-12/h2-8,11H,9-10H2,1H3,(H,19,22)(H,20,21). The number of amides is 2. The zero-order valence-corrected chi connectivity index (χ0v) is 12.6. The summed E-state index contributed by atoms with van der Waals surface area (Å²) in [6.45, 7) is 0.755. The number of hydrogen-bond donors (Lipinski definition) is 2. The van der Waals surface area contributed by atoms with E-state index < -0.39 is 11.7 Å². The summed E-state index contributed by atoms with van der Waals surface area (Å²) in [5, 5.41) is 5.31. The molecule has 2 N–H and O–H groups in total. The lowest BCUT2D eigenvalue weighted by molar-refractivity contribution is 0.0938. The number of anilines is 1. The Morgan fingerprint density at radius 1 is 1.09 bits per heavy atom. The lowest BCUT2D eigenvalue weighted by Crippen LogP contribution is -2.28. The Kier molecular flexibility index (Phi) is 5.82. The van der Waals surface area contributed by atoms with Crippen LogP contribution in [-0.2, 0) is 4.74 Å². The van der Waals surface area contributed by atoms with Crippen molar-refractivity contribution >= 4 is 17.5 Å². The van der Waals surface area contributed by atoms with Gasteiger partial charge in [0.1, 0.15) is 5.82 Å². The fourth-order valence-electron chi connectivity index (χ4n) is 1.98. The normalized spacial score (nSPS) is 10.2.